The third-order valence-corrected chi connectivity index (χ3v) is 5.94. The van der Waals surface area contributed by atoms with Crippen molar-refractivity contribution in [1.82, 2.24) is 30.3 Å². The number of hydrogen-bond donors (Lipinski definition) is 3. The summed E-state index contributed by atoms with van der Waals surface area (Å²) in [6.45, 7) is 6.44. The van der Waals surface area contributed by atoms with Crippen LogP contribution in [0.3, 0.4) is 0 Å². The van der Waals surface area contributed by atoms with Crippen LogP contribution in [0.25, 0.3) is 11.0 Å². The fraction of sp³-hybridized carbons (Fsp3) is 0.545. The number of amides is 2. The third-order valence-electron chi connectivity index (χ3n) is 5.94. The van der Waals surface area contributed by atoms with E-state index in [9.17, 15) is 19.5 Å². The van der Waals surface area contributed by atoms with Crippen LogP contribution >= 0.6 is 0 Å². The first-order valence-corrected chi connectivity index (χ1v) is 11.0. The molecule has 1 saturated heterocycles. The van der Waals surface area contributed by atoms with Gasteiger partial charge in [-0.3, -0.25) is 9.36 Å². The highest BCUT2D eigenvalue weighted by Gasteiger charge is 2.32. The van der Waals surface area contributed by atoms with Gasteiger partial charge in [-0.1, -0.05) is 0 Å². The van der Waals surface area contributed by atoms with Crippen LogP contribution in [0.5, 0.6) is 0 Å². The molecule has 2 amide bonds. The molecule has 12 nitrogen and oxygen atoms in total. The Morgan fingerprint density at radius 2 is 2.09 bits per heavy atom. The molecule has 0 bridgehead atoms. The molecule has 1 aliphatic rings. The van der Waals surface area contributed by atoms with Crippen LogP contribution in [0.4, 0.5) is 15.4 Å². The topological polar surface area (TPSA) is 156 Å². The number of fused-ring (bicyclic) bond motifs is 1. The Morgan fingerprint density at radius 1 is 1.35 bits per heavy atom. The molecule has 2 atom stereocenters. The normalized spacial score (nSPS) is 18.2. The van der Waals surface area contributed by atoms with E-state index in [1.807, 2.05) is 18.0 Å². The quantitative estimate of drug-likeness (QED) is 0.556. The van der Waals surface area contributed by atoms with Gasteiger partial charge in [0.05, 0.1) is 23.4 Å². The summed E-state index contributed by atoms with van der Waals surface area (Å²) >= 11 is 0. The van der Waals surface area contributed by atoms with Crippen LogP contribution < -0.4 is 15.6 Å². The second-order valence-corrected chi connectivity index (χ2v) is 9.33. The number of carbonyl (C=O) groups is 3. The van der Waals surface area contributed by atoms with Crippen molar-refractivity contribution < 1.29 is 19.5 Å². The Bertz CT molecular complexity index is 1120. The SMILES string of the molecule is CN(c1ncnc2c1ccn2C(=O)NN(C(=O)O)C(C)(C)C)[C@H]1CNCC[C@@H]1CC(=O)CC#N. The maximum atomic E-state index is 12.9. The molecule has 3 N–H and O–H groups in total. The lowest BCUT2D eigenvalue weighted by molar-refractivity contribution is -0.119. The number of aromatic nitrogens is 3. The van der Waals surface area contributed by atoms with Crippen LogP contribution in [0.15, 0.2) is 18.6 Å². The minimum Gasteiger partial charge on any atom is -0.464 e. The molecule has 0 spiro atoms. The van der Waals surface area contributed by atoms with E-state index in [-0.39, 0.29) is 24.2 Å². The first-order valence-electron chi connectivity index (χ1n) is 11.0. The van der Waals surface area contributed by atoms with E-state index in [0.717, 1.165) is 18.0 Å². The predicted octanol–water partition coefficient (Wildman–Crippen LogP) is 1.97. The van der Waals surface area contributed by atoms with Crippen LogP contribution in [0.1, 0.15) is 40.0 Å². The largest absolute Gasteiger partial charge is 0.464 e. The third kappa shape index (κ3) is 5.26. The number of hydrazine groups is 1. The maximum absolute atomic E-state index is 12.9. The van der Waals surface area contributed by atoms with Gasteiger partial charge in [0.2, 0.25) is 0 Å². The molecule has 0 unspecified atom stereocenters. The summed E-state index contributed by atoms with van der Waals surface area (Å²) in [5.41, 5.74) is 1.89. The lowest BCUT2D eigenvalue weighted by Crippen LogP contribution is -2.56. The summed E-state index contributed by atoms with van der Waals surface area (Å²) in [5.74, 6) is 0.567. The molecular formula is C22H30N8O4. The van der Waals surface area contributed by atoms with Gasteiger partial charge in [-0.05, 0) is 45.7 Å². The zero-order valence-corrected chi connectivity index (χ0v) is 19.8. The summed E-state index contributed by atoms with van der Waals surface area (Å²) in [6, 6.07) is 2.91. The van der Waals surface area contributed by atoms with Crippen molar-refractivity contribution in [3.8, 4) is 6.07 Å². The molecule has 0 aromatic carbocycles. The van der Waals surface area contributed by atoms with E-state index in [4.69, 9.17) is 5.26 Å². The molecule has 2 aromatic heterocycles. The highest BCUT2D eigenvalue weighted by Crippen LogP contribution is 2.29. The van der Waals surface area contributed by atoms with Gasteiger partial charge in [0.1, 0.15) is 17.9 Å². The van der Waals surface area contributed by atoms with Crippen LogP contribution in [-0.2, 0) is 4.79 Å². The van der Waals surface area contributed by atoms with Gasteiger partial charge in [0.15, 0.2) is 5.65 Å². The molecule has 2 aromatic rings. The number of likely N-dealkylation sites (N-methyl/N-ethyl adjacent to an activating group) is 1. The van der Waals surface area contributed by atoms with Gasteiger partial charge in [-0.2, -0.15) is 5.26 Å². The van der Waals surface area contributed by atoms with Gasteiger partial charge >= 0.3 is 12.1 Å². The summed E-state index contributed by atoms with van der Waals surface area (Å²) in [4.78, 5) is 47.3. The van der Waals surface area contributed by atoms with E-state index >= 15 is 0 Å². The van der Waals surface area contributed by atoms with Crippen molar-refractivity contribution in [2.24, 2.45) is 5.92 Å². The van der Waals surface area contributed by atoms with Crippen molar-refractivity contribution in [3.63, 3.8) is 0 Å². The van der Waals surface area contributed by atoms with Crippen molar-refractivity contribution in [2.75, 3.05) is 25.0 Å². The number of Topliss-reactive ketones (excluding diaryl/α,β-unsaturated/α-hetero) is 1. The van der Waals surface area contributed by atoms with Crippen molar-refractivity contribution in [2.45, 2.75) is 51.6 Å². The smallest absolute Gasteiger partial charge is 0.426 e. The van der Waals surface area contributed by atoms with Gasteiger partial charge < -0.3 is 15.3 Å². The molecule has 182 valence electrons. The van der Waals surface area contributed by atoms with Gasteiger partial charge in [0, 0.05) is 32.3 Å². The first kappa shape index (κ1) is 24.9. The fourth-order valence-electron chi connectivity index (χ4n) is 4.23. The number of rotatable bonds is 5. The lowest BCUT2D eigenvalue weighted by atomic mass is 9.86. The molecule has 3 rings (SSSR count). The summed E-state index contributed by atoms with van der Waals surface area (Å²) in [6.07, 6.45) is 2.60. The Kier molecular flexibility index (Phi) is 7.36. The predicted molar refractivity (Wildman–Crippen MR) is 124 cm³/mol. The minimum atomic E-state index is -1.28. The number of hydrogen-bond acceptors (Lipinski definition) is 8. The zero-order chi connectivity index (χ0) is 25.0. The van der Waals surface area contributed by atoms with Crippen molar-refractivity contribution in [1.29, 1.82) is 5.26 Å². The van der Waals surface area contributed by atoms with Crippen LogP contribution in [-0.4, -0.2) is 74.3 Å². The Labute approximate surface area is 197 Å². The number of piperidine rings is 1. The molecule has 0 aliphatic carbocycles. The van der Waals surface area contributed by atoms with Crippen molar-refractivity contribution in [3.05, 3.63) is 18.6 Å². The molecule has 0 radical (unpaired) electrons. The maximum Gasteiger partial charge on any atom is 0.426 e. The van der Waals surface area contributed by atoms with E-state index < -0.39 is 17.7 Å². The van der Waals surface area contributed by atoms with E-state index in [2.05, 4.69) is 20.7 Å². The fourth-order valence-corrected chi connectivity index (χ4v) is 4.23. The molecule has 1 fully saturated rings. The van der Waals surface area contributed by atoms with Gasteiger partial charge in [-0.25, -0.2) is 30.0 Å². The summed E-state index contributed by atoms with van der Waals surface area (Å²) < 4.78 is 1.24. The number of nitrogens with zero attached hydrogens (tertiary/aromatic N) is 6. The molecule has 12 heteroatoms. The van der Waals surface area contributed by atoms with Crippen LogP contribution in [0, 0.1) is 17.2 Å². The number of anilines is 1. The van der Waals surface area contributed by atoms with E-state index in [0.29, 0.717) is 29.8 Å². The second-order valence-electron chi connectivity index (χ2n) is 9.33. The molecule has 3 heterocycles. The number of nitrogens with one attached hydrogen (secondary N) is 2. The highest BCUT2D eigenvalue weighted by molar-refractivity contribution is 5.95. The van der Waals surface area contributed by atoms with E-state index in [1.165, 1.54) is 17.1 Å². The second kappa shape index (κ2) is 10.0. The lowest BCUT2D eigenvalue weighted by Gasteiger charge is -2.39. The Morgan fingerprint density at radius 3 is 2.74 bits per heavy atom. The number of ketones is 1. The minimum absolute atomic E-state index is 0.0462. The van der Waals surface area contributed by atoms with Crippen molar-refractivity contribution >= 4 is 34.8 Å². The summed E-state index contributed by atoms with van der Waals surface area (Å²) in [5, 5.41) is 23.1. The molecule has 0 saturated carbocycles. The monoisotopic (exact) mass is 470 g/mol. The Hall–Kier alpha value is -3.72. The van der Waals surface area contributed by atoms with Gasteiger partial charge in [-0.15, -0.1) is 0 Å². The zero-order valence-electron chi connectivity index (χ0n) is 19.8. The molecule has 1 aliphatic heterocycles. The number of carboxylic acid groups (broad SMARTS) is 1. The molecular weight excluding hydrogens is 440 g/mol. The highest BCUT2D eigenvalue weighted by atomic mass is 16.4. The average molecular weight is 471 g/mol. The molecule has 34 heavy (non-hydrogen) atoms. The number of carbonyl (C=O) groups excluding carboxylic acids is 2. The Balaban J connectivity index is 1.89. The summed E-state index contributed by atoms with van der Waals surface area (Å²) in [7, 11) is 1.88. The van der Waals surface area contributed by atoms with Gasteiger partial charge in [0.25, 0.3) is 0 Å². The standard InChI is InChI=1S/C22H30N8O4/c1-22(2,3)30(21(33)34)27-20(32)29-10-7-16-18(25-13-26-19(16)29)28(4)17-12-24-9-6-14(17)11-15(31)5-8-23/h7,10,13-14,17,24H,5-6,9,11-12H2,1-4H3,(H,27,32)(H,33,34)/t14-,17+/m1/s1. The number of nitriles is 1. The van der Waals surface area contributed by atoms with E-state index in [1.54, 1.807) is 26.8 Å². The first-order chi connectivity index (χ1) is 16.0. The average Bonchev–Trinajstić information content (AvgIpc) is 3.21. The van der Waals surface area contributed by atoms with Crippen LogP contribution in [0.2, 0.25) is 0 Å².